The van der Waals surface area contributed by atoms with Gasteiger partial charge in [0.05, 0.1) is 0 Å². The molecule has 3 nitrogen and oxygen atoms in total. The van der Waals surface area contributed by atoms with Crippen molar-refractivity contribution < 1.29 is 22.8 Å². The molecule has 1 fully saturated rings. The highest BCUT2D eigenvalue weighted by Crippen LogP contribution is 2.22. The predicted molar refractivity (Wildman–Crippen MR) is 56.0 cm³/mol. The molecule has 0 aromatic carbocycles. The summed E-state index contributed by atoms with van der Waals surface area (Å²) in [6, 6.07) is 0. The Balaban J connectivity index is 2.25. The second-order valence-corrected chi connectivity index (χ2v) is 4.41. The Bertz CT molecular complexity index is 235. The van der Waals surface area contributed by atoms with Crippen LogP contribution in [0.1, 0.15) is 44.9 Å². The van der Waals surface area contributed by atoms with E-state index in [1.54, 1.807) is 0 Å². The molecule has 6 heteroatoms. The highest BCUT2D eigenvalue weighted by Gasteiger charge is 2.29. The largest absolute Gasteiger partial charge is 0.414 e. The minimum Gasteiger partial charge on any atom is -0.273 e. The first-order chi connectivity index (χ1) is 7.99. The molecule has 0 saturated heterocycles. The molecule has 0 unspecified atom stereocenters. The molecule has 17 heavy (non-hydrogen) atoms. The average Bonchev–Trinajstić information content (AvgIpc) is 2.14. The Morgan fingerprint density at radius 1 is 1.12 bits per heavy atom. The van der Waals surface area contributed by atoms with Gasteiger partial charge in [0.25, 0.3) is 0 Å². The van der Waals surface area contributed by atoms with Gasteiger partial charge in [-0.2, -0.15) is 13.2 Å². The lowest BCUT2D eigenvalue weighted by Crippen LogP contribution is -2.34. The predicted octanol–water partition coefficient (Wildman–Crippen LogP) is 2.96. The molecule has 0 heterocycles. The summed E-state index contributed by atoms with van der Waals surface area (Å²) in [6.07, 6.45) is 2.34. The van der Waals surface area contributed by atoms with Crippen LogP contribution in [0.5, 0.6) is 0 Å². The fourth-order valence-electron chi connectivity index (χ4n) is 1.99. The molecule has 100 valence electrons. The van der Waals surface area contributed by atoms with Crippen molar-refractivity contribution in [2.75, 3.05) is 6.61 Å². The molecule has 1 amide bonds. The summed E-state index contributed by atoms with van der Waals surface area (Å²) in [4.78, 5) is 15.7. The maximum absolute atomic E-state index is 11.8. The third-order valence-electron chi connectivity index (χ3n) is 2.88. The van der Waals surface area contributed by atoms with Crippen molar-refractivity contribution in [2.45, 2.75) is 51.1 Å². The first-order valence-corrected chi connectivity index (χ1v) is 5.97. The molecule has 1 N–H and O–H groups in total. The van der Waals surface area contributed by atoms with Crippen molar-refractivity contribution in [3.63, 3.8) is 0 Å². The average molecular weight is 253 g/mol. The van der Waals surface area contributed by atoms with Crippen LogP contribution in [0.3, 0.4) is 0 Å². The second kappa shape index (κ2) is 6.83. The summed E-state index contributed by atoms with van der Waals surface area (Å²) < 4.78 is 35.4. The standard InChI is InChI=1S/C11H18F3NO2/c12-11(13,14)8-17-15-10(16)9-6-4-2-1-3-5-7-9/h9H,1-8H2,(H,15,16). The van der Waals surface area contributed by atoms with Gasteiger partial charge in [0, 0.05) is 5.92 Å². The number of carbonyl (C=O) groups excluding carboxylic acids is 1. The number of nitrogens with one attached hydrogen (secondary N) is 1. The molecule has 0 radical (unpaired) electrons. The monoisotopic (exact) mass is 253 g/mol. The molecular formula is C11H18F3NO2. The Labute approximate surface area is 98.7 Å². The van der Waals surface area contributed by atoms with Gasteiger partial charge in [-0.3, -0.25) is 9.63 Å². The van der Waals surface area contributed by atoms with E-state index in [1.165, 1.54) is 6.42 Å². The zero-order valence-corrected chi connectivity index (χ0v) is 9.68. The van der Waals surface area contributed by atoms with E-state index in [2.05, 4.69) is 4.84 Å². The van der Waals surface area contributed by atoms with Gasteiger partial charge in [-0.05, 0) is 12.8 Å². The van der Waals surface area contributed by atoms with Gasteiger partial charge in [-0.15, -0.1) is 0 Å². The van der Waals surface area contributed by atoms with E-state index in [1.807, 2.05) is 5.48 Å². The first kappa shape index (κ1) is 14.3. The summed E-state index contributed by atoms with van der Waals surface area (Å²) >= 11 is 0. The molecule has 0 aromatic rings. The van der Waals surface area contributed by atoms with E-state index >= 15 is 0 Å². The van der Waals surface area contributed by atoms with Crippen LogP contribution in [0, 0.1) is 5.92 Å². The lowest BCUT2D eigenvalue weighted by Gasteiger charge is -2.19. The maximum Gasteiger partial charge on any atom is 0.414 e. The Morgan fingerprint density at radius 2 is 1.65 bits per heavy atom. The van der Waals surface area contributed by atoms with Crippen molar-refractivity contribution >= 4 is 5.91 Å². The zero-order chi connectivity index (χ0) is 12.7. The number of hydrogen-bond acceptors (Lipinski definition) is 2. The molecule has 1 aliphatic rings. The summed E-state index contributed by atoms with van der Waals surface area (Å²) in [6.45, 7) is -1.44. The number of rotatable bonds is 3. The third kappa shape index (κ3) is 6.51. The molecule has 1 rings (SSSR count). The fraction of sp³-hybridized carbons (Fsp3) is 0.909. The topological polar surface area (TPSA) is 38.3 Å². The molecule has 0 aromatic heterocycles. The first-order valence-electron chi connectivity index (χ1n) is 5.97. The van der Waals surface area contributed by atoms with Gasteiger partial charge < -0.3 is 0 Å². The molecule has 1 aliphatic carbocycles. The minimum absolute atomic E-state index is 0.205. The maximum atomic E-state index is 11.8. The lowest BCUT2D eigenvalue weighted by molar-refractivity contribution is -0.193. The number of amides is 1. The zero-order valence-electron chi connectivity index (χ0n) is 9.68. The van der Waals surface area contributed by atoms with Crippen LogP contribution >= 0.6 is 0 Å². The van der Waals surface area contributed by atoms with Crippen LogP contribution in [0.25, 0.3) is 0 Å². The minimum atomic E-state index is -4.41. The summed E-state index contributed by atoms with van der Waals surface area (Å²) in [5.74, 6) is -0.625. The number of hydrogen-bond donors (Lipinski definition) is 1. The summed E-state index contributed by atoms with van der Waals surface area (Å²) in [7, 11) is 0. The van der Waals surface area contributed by atoms with E-state index < -0.39 is 18.7 Å². The Morgan fingerprint density at radius 3 is 2.18 bits per heavy atom. The number of halogens is 3. The van der Waals surface area contributed by atoms with E-state index in [0.29, 0.717) is 0 Å². The van der Waals surface area contributed by atoms with Gasteiger partial charge in [0.1, 0.15) is 0 Å². The van der Waals surface area contributed by atoms with Crippen LogP contribution in [-0.2, 0) is 9.63 Å². The van der Waals surface area contributed by atoms with Gasteiger partial charge in [0.2, 0.25) is 5.91 Å². The summed E-state index contributed by atoms with van der Waals surface area (Å²) in [5.41, 5.74) is 1.90. The molecule has 0 spiro atoms. The van der Waals surface area contributed by atoms with Crippen LogP contribution in [0.4, 0.5) is 13.2 Å². The van der Waals surface area contributed by atoms with E-state index in [9.17, 15) is 18.0 Å². The van der Waals surface area contributed by atoms with E-state index in [4.69, 9.17) is 0 Å². The van der Waals surface area contributed by atoms with Crippen molar-refractivity contribution in [1.82, 2.24) is 5.48 Å². The lowest BCUT2D eigenvalue weighted by atomic mass is 9.91. The number of carbonyl (C=O) groups is 1. The van der Waals surface area contributed by atoms with Gasteiger partial charge >= 0.3 is 6.18 Å². The second-order valence-electron chi connectivity index (χ2n) is 4.41. The quantitative estimate of drug-likeness (QED) is 0.785. The highest BCUT2D eigenvalue weighted by molar-refractivity contribution is 5.77. The molecule has 0 aliphatic heterocycles. The van der Waals surface area contributed by atoms with Crippen molar-refractivity contribution in [3.8, 4) is 0 Å². The van der Waals surface area contributed by atoms with Crippen LogP contribution < -0.4 is 5.48 Å². The van der Waals surface area contributed by atoms with Crippen LogP contribution in [0.2, 0.25) is 0 Å². The van der Waals surface area contributed by atoms with Crippen LogP contribution in [0.15, 0.2) is 0 Å². The Kier molecular flexibility index (Phi) is 5.74. The van der Waals surface area contributed by atoms with Gasteiger partial charge in [0.15, 0.2) is 6.61 Å². The van der Waals surface area contributed by atoms with Gasteiger partial charge in [-0.1, -0.05) is 32.1 Å². The summed E-state index contributed by atoms with van der Waals surface area (Å²) in [5, 5.41) is 0. The van der Waals surface area contributed by atoms with E-state index in [0.717, 1.165) is 38.5 Å². The SMILES string of the molecule is O=C(NOCC(F)(F)F)C1CCCCCCC1. The normalized spacial score (nSPS) is 19.5. The number of hydroxylamine groups is 1. The Hall–Kier alpha value is -0.780. The smallest absolute Gasteiger partial charge is 0.273 e. The molecule has 1 saturated carbocycles. The molecule has 0 atom stereocenters. The van der Waals surface area contributed by atoms with Crippen molar-refractivity contribution in [3.05, 3.63) is 0 Å². The van der Waals surface area contributed by atoms with Crippen molar-refractivity contribution in [1.29, 1.82) is 0 Å². The van der Waals surface area contributed by atoms with Crippen molar-refractivity contribution in [2.24, 2.45) is 5.92 Å². The molecular weight excluding hydrogens is 235 g/mol. The number of alkyl halides is 3. The highest BCUT2D eigenvalue weighted by atomic mass is 19.4. The van der Waals surface area contributed by atoms with E-state index in [-0.39, 0.29) is 5.92 Å². The molecule has 0 bridgehead atoms. The third-order valence-corrected chi connectivity index (χ3v) is 2.88. The fourth-order valence-corrected chi connectivity index (χ4v) is 1.99. The van der Waals surface area contributed by atoms with Gasteiger partial charge in [-0.25, -0.2) is 5.48 Å². The van der Waals surface area contributed by atoms with Crippen LogP contribution in [-0.4, -0.2) is 18.7 Å².